The van der Waals surface area contributed by atoms with Crippen LogP contribution in [0.4, 0.5) is 17.1 Å². The van der Waals surface area contributed by atoms with E-state index in [2.05, 4.69) is 5.32 Å². The van der Waals surface area contributed by atoms with Gasteiger partial charge >= 0.3 is 0 Å². The largest absolute Gasteiger partial charge is 0.508 e. The normalized spacial score (nSPS) is 13.0. The average Bonchev–Trinajstić information content (AvgIpc) is 2.69. The first-order valence-corrected chi connectivity index (χ1v) is 10.2. The second-order valence-electron chi connectivity index (χ2n) is 6.89. The van der Waals surface area contributed by atoms with Gasteiger partial charge in [-0.1, -0.05) is 24.3 Å². The number of nitrogens with one attached hydrogen (secondary N) is 1. The second kappa shape index (κ2) is 6.68. The van der Waals surface area contributed by atoms with Crippen LogP contribution in [0.1, 0.15) is 37.4 Å². The van der Waals surface area contributed by atoms with Crippen LogP contribution in [-0.4, -0.2) is 29.6 Å². The van der Waals surface area contributed by atoms with Crippen molar-refractivity contribution >= 4 is 38.7 Å². The van der Waals surface area contributed by atoms with Crippen molar-refractivity contribution in [3.05, 3.63) is 76.3 Å². The van der Waals surface area contributed by atoms with Gasteiger partial charge in [0, 0.05) is 16.8 Å². The van der Waals surface area contributed by atoms with Gasteiger partial charge in [0.05, 0.1) is 22.5 Å². The second-order valence-corrected chi connectivity index (χ2v) is 8.28. The molecule has 0 unspecified atom stereocenters. The molecule has 3 aromatic rings. The number of hydrogen-bond donors (Lipinski definition) is 4. The molecule has 9 heteroatoms. The Morgan fingerprint density at radius 3 is 2.10 bits per heavy atom. The molecule has 3 aromatic carbocycles. The number of nitrogens with two attached hydrogens (primary N) is 1. The lowest BCUT2D eigenvalue weighted by Crippen LogP contribution is -2.25. The maximum Gasteiger partial charge on any atom is 0.296 e. The van der Waals surface area contributed by atoms with Crippen LogP contribution < -0.4 is 11.1 Å². The minimum Gasteiger partial charge on any atom is -0.508 e. The summed E-state index contributed by atoms with van der Waals surface area (Å²) in [4.78, 5) is 25.6. The summed E-state index contributed by atoms with van der Waals surface area (Å²) < 4.78 is 33.4. The molecule has 0 bridgehead atoms. The first-order valence-electron chi connectivity index (χ1n) is 8.78. The van der Waals surface area contributed by atoms with Crippen molar-refractivity contribution in [1.82, 2.24) is 0 Å². The summed E-state index contributed by atoms with van der Waals surface area (Å²) in [7, 11) is -4.78. The predicted molar refractivity (Wildman–Crippen MR) is 110 cm³/mol. The van der Waals surface area contributed by atoms with Gasteiger partial charge in [0.2, 0.25) is 0 Å². The standard InChI is InChI=1S/C21H16N2O6S/c1-10-8-11(6-7-15(10)24)23-14-9-16(30(27,28)29)19(22)18-17(14)20(25)12-4-2-3-5-13(12)21(18)26/h2-9,23-24H,22H2,1H3,(H,27,28,29). The number of ketones is 2. The molecule has 0 aliphatic heterocycles. The van der Waals surface area contributed by atoms with Gasteiger partial charge in [-0.05, 0) is 36.8 Å². The highest BCUT2D eigenvalue weighted by Gasteiger charge is 2.36. The highest BCUT2D eigenvalue weighted by atomic mass is 32.2. The number of phenolic OH excluding ortho intramolecular Hbond substituents is 1. The van der Waals surface area contributed by atoms with E-state index in [0.29, 0.717) is 11.3 Å². The lowest BCUT2D eigenvalue weighted by atomic mass is 9.82. The Kier molecular flexibility index (Phi) is 4.37. The summed E-state index contributed by atoms with van der Waals surface area (Å²) in [5.41, 5.74) is 6.28. The molecule has 8 nitrogen and oxygen atoms in total. The number of hydrogen-bond acceptors (Lipinski definition) is 7. The number of phenols is 1. The van der Waals surface area contributed by atoms with Gasteiger partial charge in [-0.2, -0.15) is 8.42 Å². The Labute approximate surface area is 171 Å². The topological polar surface area (TPSA) is 147 Å². The number of nitrogen functional groups attached to an aromatic ring is 1. The molecule has 1 aliphatic carbocycles. The molecule has 152 valence electrons. The van der Waals surface area contributed by atoms with Gasteiger partial charge in [-0.25, -0.2) is 0 Å². The number of fused-ring (bicyclic) bond motifs is 2. The molecule has 0 radical (unpaired) electrons. The monoisotopic (exact) mass is 424 g/mol. The smallest absolute Gasteiger partial charge is 0.296 e. The van der Waals surface area contributed by atoms with Crippen LogP contribution in [0, 0.1) is 6.92 Å². The SMILES string of the molecule is Cc1cc(Nc2cc(S(=O)(=O)O)c(N)c3c2C(=O)c2ccccc2C3=O)ccc1O. The Morgan fingerprint density at radius 1 is 0.933 bits per heavy atom. The number of anilines is 3. The lowest BCUT2D eigenvalue weighted by molar-refractivity contribution is 0.0980. The zero-order chi connectivity index (χ0) is 21.8. The number of benzene rings is 3. The Balaban J connectivity index is 2.02. The molecule has 0 saturated heterocycles. The van der Waals surface area contributed by atoms with Crippen molar-refractivity contribution in [3.8, 4) is 5.75 Å². The summed E-state index contributed by atoms with van der Waals surface area (Å²) in [6, 6.07) is 11.7. The van der Waals surface area contributed by atoms with Gasteiger partial charge < -0.3 is 16.2 Å². The van der Waals surface area contributed by atoms with Crippen molar-refractivity contribution in [2.24, 2.45) is 0 Å². The summed E-state index contributed by atoms with van der Waals surface area (Å²) >= 11 is 0. The fourth-order valence-corrected chi connectivity index (χ4v) is 4.14. The van der Waals surface area contributed by atoms with Crippen LogP contribution in [0.5, 0.6) is 5.75 Å². The fourth-order valence-electron chi connectivity index (χ4n) is 3.49. The van der Waals surface area contributed by atoms with E-state index in [1.54, 1.807) is 25.1 Å². The highest BCUT2D eigenvalue weighted by Crippen LogP contribution is 2.40. The predicted octanol–water partition coefficient (Wildman–Crippen LogP) is 3.05. The molecular formula is C21H16N2O6S. The molecule has 5 N–H and O–H groups in total. The average molecular weight is 424 g/mol. The summed E-state index contributed by atoms with van der Waals surface area (Å²) in [6.45, 7) is 1.66. The molecular weight excluding hydrogens is 408 g/mol. The van der Waals surface area contributed by atoms with E-state index >= 15 is 0 Å². The Hall–Kier alpha value is -3.69. The summed E-state index contributed by atoms with van der Waals surface area (Å²) in [6.07, 6.45) is 0. The van der Waals surface area contributed by atoms with Crippen LogP contribution in [0.15, 0.2) is 53.4 Å². The zero-order valence-corrected chi connectivity index (χ0v) is 16.4. The van der Waals surface area contributed by atoms with Gasteiger partial charge in [0.1, 0.15) is 10.6 Å². The molecule has 0 amide bonds. The number of rotatable bonds is 3. The minimum absolute atomic E-state index is 0.00947. The fraction of sp³-hybridized carbons (Fsp3) is 0.0476. The van der Waals surface area contributed by atoms with E-state index in [9.17, 15) is 27.7 Å². The highest BCUT2D eigenvalue weighted by molar-refractivity contribution is 7.86. The van der Waals surface area contributed by atoms with Crippen LogP contribution >= 0.6 is 0 Å². The first-order chi connectivity index (χ1) is 14.1. The van der Waals surface area contributed by atoms with E-state index in [1.165, 1.54) is 24.3 Å². The van der Waals surface area contributed by atoms with Gasteiger partial charge in [0.15, 0.2) is 11.6 Å². The maximum atomic E-state index is 13.2. The van der Waals surface area contributed by atoms with E-state index in [1.807, 2.05) is 0 Å². The quantitative estimate of drug-likeness (QED) is 0.223. The molecule has 0 aromatic heterocycles. The first kappa shape index (κ1) is 19.6. The molecule has 30 heavy (non-hydrogen) atoms. The van der Waals surface area contributed by atoms with E-state index in [0.717, 1.165) is 6.07 Å². The van der Waals surface area contributed by atoms with Crippen LogP contribution in [-0.2, 0) is 10.1 Å². The van der Waals surface area contributed by atoms with Gasteiger partial charge in [0.25, 0.3) is 10.1 Å². The molecule has 0 spiro atoms. The van der Waals surface area contributed by atoms with Crippen molar-refractivity contribution in [2.45, 2.75) is 11.8 Å². The molecule has 4 rings (SSSR count). The van der Waals surface area contributed by atoms with Crippen LogP contribution in [0.2, 0.25) is 0 Å². The number of aromatic hydroxyl groups is 1. The van der Waals surface area contributed by atoms with Crippen molar-refractivity contribution < 1.29 is 27.7 Å². The summed E-state index contributed by atoms with van der Waals surface area (Å²) in [5, 5.41) is 12.6. The van der Waals surface area contributed by atoms with Crippen molar-refractivity contribution in [1.29, 1.82) is 0 Å². The Bertz CT molecular complexity index is 1360. The van der Waals surface area contributed by atoms with E-state index < -0.39 is 32.3 Å². The number of carbonyl (C=O) groups excluding carboxylic acids is 2. The third kappa shape index (κ3) is 3.00. The van der Waals surface area contributed by atoms with Crippen molar-refractivity contribution in [2.75, 3.05) is 11.1 Å². The zero-order valence-electron chi connectivity index (χ0n) is 15.6. The number of carbonyl (C=O) groups is 2. The summed E-state index contributed by atoms with van der Waals surface area (Å²) in [5.74, 6) is -1.07. The van der Waals surface area contributed by atoms with Crippen LogP contribution in [0.3, 0.4) is 0 Å². The van der Waals surface area contributed by atoms with Gasteiger partial charge in [-0.3, -0.25) is 14.1 Å². The third-order valence-corrected chi connectivity index (χ3v) is 5.85. The lowest BCUT2D eigenvalue weighted by Gasteiger charge is -2.23. The van der Waals surface area contributed by atoms with E-state index in [-0.39, 0.29) is 33.7 Å². The molecule has 0 fully saturated rings. The molecule has 0 heterocycles. The van der Waals surface area contributed by atoms with E-state index in [4.69, 9.17) is 5.73 Å². The minimum atomic E-state index is -4.78. The van der Waals surface area contributed by atoms with Crippen molar-refractivity contribution in [3.63, 3.8) is 0 Å². The molecule has 0 saturated carbocycles. The third-order valence-electron chi connectivity index (χ3n) is 4.95. The maximum absolute atomic E-state index is 13.2. The number of aryl methyl sites for hydroxylation is 1. The molecule has 0 atom stereocenters. The van der Waals surface area contributed by atoms with Gasteiger partial charge in [-0.15, -0.1) is 0 Å². The van der Waals surface area contributed by atoms with Crippen LogP contribution in [0.25, 0.3) is 0 Å². The molecule has 1 aliphatic rings. The Morgan fingerprint density at radius 2 is 1.53 bits per heavy atom.